The van der Waals surface area contributed by atoms with Crippen molar-refractivity contribution in [2.75, 3.05) is 33.5 Å². The fourth-order valence-corrected chi connectivity index (χ4v) is 3.01. The van der Waals surface area contributed by atoms with Gasteiger partial charge in [-0.3, -0.25) is 0 Å². The number of rotatable bonds is 10. The highest BCUT2D eigenvalue weighted by Gasteiger charge is 2.05. The predicted molar refractivity (Wildman–Crippen MR) is 109 cm³/mol. The average molecular weight is 442 g/mol. The van der Waals surface area contributed by atoms with Crippen LogP contribution in [0.25, 0.3) is 6.08 Å². The lowest BCUT2D eigenvalue weighted by Gasteiger charge is -2.12. The van der Waals surface area contributed by atoms with Gasteiger partial charge in [-0.2, -0.15) is 0 Å². The number of hydrogen-bond donors (Lipinski definition) is 0. The SMILES string of the molecule is C/C=C/c1ccc(OCCOCCOc2ccc(Cl)cc2Br)c(OC)c1. The number of ether oxygens (including phenoxy) is 4. The highest BCUT2D eigenvalue weighted by molar-refractivity contribution is 9.10. The Morgan fingerprint density at radius 2 is 1.62 bits per heavy atom. The summed E-state index contributed by atoms with van der Waals surface area (Å²) < 4.78 is 23.1. The zero-order valence-electron chi connectivity index (χ0n) is 14.8. The second-order valence-electron chi connectivity index (χ2n) is 5.29. The molecular weight excluding hydrogens is 420 g/mol. The third-order valence-electron chi connectivity index (χ3n) is 3.41. The van der Waals surface area contributed by atoms with Gasteiger partial charge in [0.1, 0.15) is 19.0 Å². The Hall–Kier alpha value is -1.69. The molecule has 0 aromatic heterocycles. The molecule has 0 radical (unpaired) electrons. The van der Waals surface area contributed by atoms with Gasteiger partial charge in [-0.15, -0.1) is 0 Å². The second-order valence-corrected chi connectivity index (χ2v) is 6.59. The first-order valence-corrected chi connectivity index (χ1v) is 9.40. The summed E-state index contributed by atoms with van der Waals surface area (Å²) in [5.74, 6) is 2.14. The highest BCUT2D eigenvalue weighted by Crippen LogP contribution is 2.29. The van der Waals surface area contributed by atoms with Gasteiger partial charge < -0.3 is 18.9 Å². The summed E-state index contributed by atoms with van der Waals surface area (Å²) in [5.41, 5.74) is 1.07. The van der Waals surface area contributed by atoms with Crippen LogP contribution in [0.15, 0.2) is 46.9 Å². The van der Waals surface area contributed by atoms with Crippen LogP contribution in [0.2, 0.25) is 5.02 Å². The van der Waals surface area contributed by atoms with Crippen molar-refractivity contribution in [2.45, 2.75) is 6.92 Å². The smallest absolute Gasteiger partial charge is 0.161 e. The molecule has 2 aromatic rings. The summed E-state index contributed by atoms with van der Waals surface area (Å²) in [5, 5.41) is 0.659. The van der Waals surface area contributed by atoms with E-state index in [1.807, 2.05) is 43.3 Å². The molecule has 0 N–H and O–H groups in total. The zero-order chi connectivity index (χ0) is 18.8. The molecule has 0 bridgehead atoms. The van der Waals surface area contributed by atoms with Crippen molar-refractivity contribution >= 4 is 33.6 Å². The van der Waals surface area contributed by atoms with E-state index < -0.39 is 0 Å². The number of methoxy groups -OCH3 is 1. The van der Waals surface area contributed by atoms with Gasteiger partial charge in [-0.05, 0) is 58.7 Å². The molecule has 4 nitrogen and oxygen atoms in total. The van der Waals surface area contributed by atoms with Gasteiger partial charge in [0, 0.05) is 5.02 Å². The molecule has 0 heterocycles. The van der Waals surface area contributed by atoms with Crippen molar-refractivity contribution in [3.05, 3.63) is 57.5 Å². The van der Waals surface area contributed by atoms with Gasteiger partial charge >= 0.3 is 0 Å². The molecule has 0 saturated heterocycles. The van der Waals surface area contributed by atoms with Crippen LogP contribution in [0.1, 0.15) is 12.5 Å². The molecule has 0 aliphatic rings. The van der Waals surface area contributed by atoms with Crippen LogP contribution in [0, 0.1) is 0 Å². The minimum Gasteiger partial charge on any atom is -0.493 e. The molecule has 2 aromatic carbocycles. The maximum absolute atomic E-state index is 5.90. The van der Waals surface area contributed by atoms with E-state index in [2.05, 4.69) is 15.9 Å². The van der Waals surface area contributed by atoms with Crippen LogP contribution in [-0.4, -0.2) is 33.5 Å². The highest BCUT2D eigenvalue weighted by atomic mass is 79.9. The standard InChI is InChI=1S/C20H22BrClO4/c1-3-4-15-5-7-19(20(13-15)23-2)26-12-10-24-9-11-25-18-8-6-16(22)14-17(18)21/h3-8,13-14H,9-12H2,1-2H3/b4-3+. The number of benzene rings is 2. The molecule has 0 saturated carbocycles. The van der Waals surface area contributed by atoms with Gasteiger partial charge in [0.25, 0.3) is 0 Å². The van der Waals surface area contributed by atoms with Crippen molar-refractivity contribution in [3.8, 4) is 17.2 Å². The van der Waals surface area contributed by atoms with E-state index in [-0.39, 0.29) is 0 Å². The minimum absolute atomic E-state index is 0.434. The van der Waals surface area contributed by atoms with Crippen molar-refractivity contribution in [2.24, 2.45) is 0 Å². The Kier molecular flexibility index (Phi) is 8.81. The Morgan fingerprint density at radius 3 is 2.27 bits per heavy atom. The van der Waals surface area contributed by atoms with Crippen molar-refractivity contribution in [3.63, 3.8) is 0 Å². The van der Waals surface area contributed by atoms with E-state index in [0.29, 0.717) is 42.9 Å². The molecule has 140 valence electrons. The number of hydrogen-bond acceptors (Lipinski definition) is 4. The first-order valence-electron chi connectivity index (χ1n) is 8.23. The lowest BCUT2D eigenvalue weighted by molar-refractivity contribution is 0.0755. The van der Waals surface area contributed by atoms with E-state index in [4.69, 9.17) is 30.5 Å². The Morgan fingerprint density at radius 1 is 0.923 bits per heavy atom. The van der Waals surface area contributed by atoms with Gasteiger partial charge in [0.05, 0.1) is 24.8 Å². The Balaban J connectivity index is 1.67. The summed E-state index contributed by atoms with van der Waals surface area (Å²) in [6.07, 6.45) is 3.99. The largest absolute Gasteiger partial charge is 0.493 e. The topological polar surface area (TPSA) is 36.9 Å². The lowest BCUT2D eigenvalue weighted by Crippen LogP contribution is -2.12. The maximum atomic E-state index is 5.90. The predicted octanol–water partition coefficient (Wildman–Crippen LogP) is 5.62. The van der Waals surface area contributed by atoms with Crippen LogP contribution >= 0.6 is 27.5 Å². The first-order chi connectivity index (χ1) is 12.6. The van der Waals surface area contributed by atoms with Gasteiger partial charge in [0.15, 0.2) is 11.5 Å². The monoisotopic (exact) mass is 440 g/mol. The van der Waals surface area contributed by atoms with Crippen molar-refractivity contribution in [1.82, 2.24) is 0 Å². The lowest BCUT2D eigenvalue weighted by atomic mass is 10.2. The van der Waals surface area contributed by atoms with Crippen LogP contribution in [0.4, 0.5) is 0 Å². The van der Waals surface area contributed by atoms with E-state index >= 15 is 0 Å². The third-order valence-corrected chi connectivity index (χ3v) is 4.27. The van der Waals surface area contributed by atoms with Gasteiger partial charge in [0.2, 0.25) is 0 Å². The maximum Gasteiger partial charge on any atom is 0.161 e. The van der Waals surface area contributed by atoms with E-state index in [9.17, 15) is 0 Å². The number of halogens is 2. The molecule has 2 rings (SSSR count). The van der Waals surface area contributed by atoms with Crippen molar-refractivity contribution < 1.29 is 18.9 Å². The molecule has 0 spiro atoms. The summed E-state index contributed by atoms with van der Waals surface area (Å²) >= 11 is 9.30. The molecule has 0 unspecified atom stereocenters. The molecule has 0 aliphatic heterocycles. The molecule has 0 atom stereocenters. The van der Waals surface area contributed by atoms with E-state index in [1.165, 1.54) is 0 Å². The van der Waals surface area contributed by atoms with Crippen LogP contribution in [0.5, 0.6) is 17.2 Å². The van der Waals surface area contributed by atoms with E-state index in [0.717, 1.165) is 15.8 Å². The fourth-order valence-electron chi connectivity index (χ4n) is 2.21. The van der Waals surface area contributed by atoms with Crippen LogP contribution < -0.4 is 14.2 Å². The average Bonchev–Trinajstić information content (AvgIpc) is 2.63. The molecule has 26 heavy (non-hydrogen) atoms. The third kappa shape index (κ3) is 6.56. The summed E-state index contributed by atoms with van der Waals surface area (Å²) in [7, 11) is 1.63. The normalized spacial score (nSPS) is 10.9. The number of allylic oxidation sites excluding steroid dienone is 1. The fraction of sp³-hybridized carbons (Fsp3) is 0.300. The molecule has 0 fully saturated rings. The van der Waals surface area contributed by atoms with Crippen LogP contribution in [0.3, 0.4) is 0 Å². The molecule has 6 heteroatoms. The van der Waals surface area contributed by atoms with Gasteiger partial charge in [-0.25, -0.2) is 0 Å². The summed E-state index contributed by atoms with van der Waals surface area (Å²) in [6.45, 7) is 3.79. The Bertz CT molecular complexity index is 734. The Labute approximate surface area is 167 Å². The molecule has 0 aliphatic carbocycles. The molecule has 0 amide bonds. The second kappa shape index (κ2) is 11.1. The van der Waals surface area contributed by atoms with Gasteiger partial charge in [-0.1, -0.05) is 29.8 Å². The van der Waals surface area contributed by atoms with Crippen LogP contribution in [-0.2, 0) is 4.74 Å². The first kappa shape index (κ1) is 20.6. The summed E-state index contributed by atoms with van der Waals surface area (Å²) in [4.78, 5) is 0. The summed E-state index contributed by atoms with van der Waals surface area (Å²) in [6, 6.07) is 11.2. The minimum atomic E-state index is 0.434. The molecular formula is C20H22BrClO4. The van der Waals surface area contributed by atoms with Crippen molar-refractivity contribution in [1.29, 1.82) is 0 Å². The zero-order valence-corrected chi connectivity index (χ0v) is 17.2. The quantitative estimate of drug-likeness (QED) is 0.449. The van der Waals surface area contributed by atoms with E-state index in [1.54, 1.807) is 19.2 Å².